The third-order valence-electron chi connectivity index (χ3n) is 3.64. The van der Waals surface area contributed by atoms with E-state index < -0.39 is 10.0 Å². The maximum Gasteiger partial charge on any atom is 0.225 e. The number of amides is 1. The number of carbonyl (C=O) groups excluding carboxylic acids is 1. The van der Waals surface area contributed by atoms with Gasteiger partial charge in [0.25, 0.3) is 0 Å². The number of ether oxygens (including phenoxy) is 1. The molecular weight excluding hydrogens is 340 g/mol. The number of sulfonamides is 1. The molecule has 0 saturated carbocycles. The lowest BCUT2D eigenvalue weighted by Crippen LogP contribution is -2.38. The van der Waals surface area contributed by atoms with E-state index in [0.29, 0.717) is 17.3 Å². The number of halogens is 1. The Labute approximate surface area is 141 Å². The molecule has 0 spiro atoms. The van der Waals surface area contributed by atoms with Gasteiger partial charge >= 0.3 is 0 Å². The highest BCUT2D eigenvalue weighted by atomic mass is 35.5. The van der Waals surface area contributed by atoms with Crippen LogP contribution in [-0.4, -0.2) is 50.7 Å². The summed E-state index contributed by atoms with van der Waals surface area (Å²) in [5.74, 6) is -0.279. The Kier molecular flexibility index (Phi) is 6.41. The Hall–Kier alpha value is -1.15. The molecule has 128 valence electrons. The second-order valence-electron chi connectivity index (χ2n) is 5.53. The number of hydrogen-bond donors (Lipinski definition) is 1. The van der Waals surface area contributed by atoms with Crippen LogP contribution in [0.15, 0.2) is 24.3 Å². The summed E-state index contributed by atoms with van der Waals surface area (Å²) in [5.41, 5.74) is 0.518. The van der Waals surface area contributed by atoms with Crippen molar-refractivity contribution in [3.8, 4) is 0 Å². The van der Waals surface area contributed by atoms with E-state index in [2.05, 4.69) is 5.32 Å². The highest BCUT2D eigenvalue weighted by molar-refractivity contribution is 7.88. The van der Waals surface area contributed by atoms with E-state index in [0.717, 1.165) is 19.1 Å². The van der Waals surface area contributed by atoms with Crippen molar-refractivity contribution in [1.29, 1.82) is 0 Å². The Morgan fingerprint density at radius 3 is 2.78 bits per heavy atom. The lowest BCUT2D eigenvalue weighted by atomic mass is 10.2. The number of rotatable bonds is 7. The zero-order valence-electron chi connectivity index (χ0n) is 13.0. The van der Waals surface area contributed by atoms with Gasteiger partial charge in [0.15, 0.2) is 0 Å². The number of hydrogen-bond acceptors (Lipinski definition) is 4. The van der Waals surface area contributed by atoms with E-state index in [1.54, 1.807) is 24.3 Å². The van der Waals surface area contributed by atoms with Crippen molar-refractivity contribution in [3.05, 3.63) is 29.3 Å². The van der Waals surface area contributed by atoms with Gasteiger partial charge in [0.05, 0.1) is 23.1 Å². The predicted molar refractivity (Wildman–Crippen MR) is 90.1 cm³/mol. The average molecular weight is 361 g/mol. The molecule has 1 heterocycles. The summed E-state index contributed by atoms with van der Waals surface area (Å²) in [5, 5.41) is 3.13. The number of para-hydroxylation sites is 1. The van der Waals surface area contributed by atoms with Crippen LogP contribution in [-0.2, 0) is 19.6 Å². The van der Waals surface area contributed by atoms with Crippen molar-refractivity contribution in [3.63, 3.8) is 0 Å². The number of nitrogens with zero attached hydrogens (tertiary/aromatic N) is 1. The summed E-state index contributed by atoms with van der Waals surface area (Å²) < 4.78 is 30.5. The van der Waals surface area contributed by atoms with E-state index in [1.165, 1.54) is 4.31 Å². The van der Waals surface area contributed by atoms with E-state index in [9.17, 15) is 13.2 Å². The summed E-state index contributed by atoms with van der Waals surface area (Å²) in [6, 6.07) is 6.91. The Morgan fingerprint density at radius 2 is 2.17 bits per heavy atom. The van der Waals surface area contributed by atoms with Crippen LogP contribution < -0.4 is 5.32 Å². The molecule has 1 aromatic rings. The van der Waals surface area contributed by atoms with Crippen molar-refractivity contribution in [2.24, 2.45) is 0 Å². The zero-order chi connectivity index (χ0) is 16.9. The average Bonchev–Trinajstić information content (AvgIpc) is 2.98. The minimum atomic E-state index is -3.38. The van der Waals surface area contributed by atoms with Crippen molar-refractivity contribution in [1.82, 2.24) is 4.31 Å². The fourth-order valence-corrected chi connectivity index (χ4v) is 3.45. The number of carbonyl (C=O) groups is 1. The van der Waals surface area contributed by atoms with E-state index in [4.69, 9.17) is 16.3 Å². The molecule has 1 aliphatic heterocycles. The van der Waals surface area contributed by atoms with Gasteiger partial charge < -0.3 is 10.1 Å². The van der Waals surface area contributed by atoms with Gasteiger partial charge in [-0.15, -0.1) is 0 Å². The van der Waals surface area contributed by atoms with Gasteiger partial charge in [-0.05, 0) is 25.0 Å². The summed E-state index contributed by atoms with van der Waals surface area (Å²) in [6.07, 6.45) is 2.91. The van der Waals surface area contributed by atoms with E-state index >= 15 is 0 Å². The lowest BCUT2D eigenvalue weighted by Gasteiger charge is -2.22. The smallest absolute Gasteiger partial charge is 0.225 e. The van der Waals surface area contributed by atoms with Crippen LogP contribution in [0.1, 0.15) is 19.3 Å². The first-order chi connectivity index (χ1) is 10.9. The van der Waals surface area contributed by atoms with Gasteiger partial charge in [-0.3, -0.25) is 4.79 Å². The fraction of sp³-hybridized carbons (Fsp3) is 0.533. The van der Waals surface area contributed by atoms with Gasteiger partial charge in [-0.2, -0.15) is 4.31 Å². The quantitative estimate of drug-likeness (QED) is 0.808. The maximum atomic E-state index is 12.0. The molecular formula is C15H21ClN2O4S. The van der Waals surface area contributed by atoms with Crippen molar-refractivity contribution in [2.75, 3.05) is 31.3 Å². The molecule has 1 amide bonds. The maximum absolute atomic E-state index is 12.0. The predicted octanol–water partition coefficient (Wildman–Crippen LogP) is 2.11. The highest BCUT2D eigenvalue weighted by Crippen LogP contribution is 2.20. The van der Waals surface area contributed by atoms with Crippen LogP contribution in [0.5, 0.6) is 0 Å². The second kappa shape index (κ2) is 8.10. The minimum absolute atomic E-state index is 0.0605. The summed E-state index contributed by atoms with van der Waals surface area (Å²) in [4.78, 5) is 12.0. The Balaban J connectivity index is 1.90. The van der Waals surface area contributed by atoms with Crippen molar-refractivity contribution >= 4 is 33.2 Å². The summed E-state index contributed by atoms with van der Waals surface area (Å²) in [7, 11) is -3.38. The first-order valence-electron chi connectivity index (χ1n) is 7.47. The van der Waals surface area contributed by atoms with Gasteiger partial charge in [0.1, 0.15) is 0 Å². The number of nitrogens with one attached hydrogen (secondary N) is 1. The third kappa shape index (κ3) is 5.76. The molecule has 1 N–H and O–H groups in total. The minimum Gasteiger partial charge on any atom is -0.377 e. The molecule has 1 fully saturated rings. The van der Waals surface area contributed by atoms with E-state index in [1.807, 2.05) is 0 Å². The largest absolute Gasteiger partial charge is 0.377 e. The highest BCUT2D eigenvalue weighted by Gasteiger charge is 2.25. The van der Waals surface area contributed by atoms with Gasteiger partial charge in [0.2, 0.25) is 15.9 Å². The lowest BCUT2D eigenvalue weighted by molar-refractivity contribution is -0.116. The van der Waals surface area contributed by atoms with E-state index in [-0.39, 0.29) is 31.5 Å². The van der Waals surface area contributed by atoms with Crippen LogP contribution in [0.2, 0.25) is 5.02 Å². The molecule has 1 aliphatic rings. The van der Waals surface area contributed by atoms with Crippen LogP contribution in [0.4, 0.5) is 5.69 Å². The molecule has 23 heavy (non-hydrogen) atoms. The summed E-state index contributed by atoms with van der Waals surface area (Å²) >= 11 is 5.98. The van der Waals surface area contributed by atoms with Gasteiger partial charge in [-0.1, -0.05) is 23.7 Å². The fourth-order valence-electron chi connectivity index (χ4n) is 2.41. The van der Waals surface area contributed by atoms with Crippen LogP contribution >= 0.6 is 11.6 Å². The van der Waals surface area contributed by atoms with Gasteiger partial charge in [0, 0.05) is 26.1 Å². The molecule has 1 aromatic carbocycles. The molecule has 0 radical (unpaired) electrons. The monoisotopic (exact) mass is 360 g/mol. The topological polar surface area (TPSA) is 75.7 Å². The molecule has 1 atom stereocenters. The molecule has 2 rings (SSSR count). The van der Waals surface area contributed by atoms with Crippen molar-refractivity contribution in [2.45, 2.75) is 25.4 Å². The SMILES string of the molecule is CS(=O)(=O)N(CCC(=O)Nc1ccccc1Cl)CC1CCCO1. The number of benzene rings is 1. The zero-order valence-corrected chi connectivity index (χ0v) is 14.6. The second-order valence-corrected chi connectivity index (χ2v) is 7.92. The standard InChI is InChI=1S/C15H21ClN2O4S/c1-23(20,21)18(11-12-5-4-10-22-12)9-8-15(19)17-14-7-3-2-6-13(14)16/h2-3,6-7,12H,4-5,8-11H2,1H3,(H,17,19). The first kappa shape index (κ1) is 18.2. The molecule has 0 bridgehead atoms. The molecule has 1 saturated heterocycles. The molecule has 0 aliphatic carbocycles. The van der Waals surface area contributed by atoms with Gasteiger partial charge in [-0.25, -0.2) is 8.42 Å². The van der Waals surface area contributed by atoms with Crippen LogP contribution in [0.3, 0.4) is 0 Å². The molecule has 6 nitrogen and oxygen atoms in total. The third-order valence-corrected chi connectivity index (χ3v) is 5.24. The Morgan fingerprint density at radius 1 is 1.43 bits per heavy atom. The molecule has 1 unspecified atom stereocenters. The molecule has 8 heteroatoms. The number of anilines is 1. The molecule has 0 aromatic heterocycles. The van der Waals surface area contributed by atoms with Crippen molar-refractivity contribution < 1.29 is 17.9 Å². The normalized spacial score (nSPS) is 18.3. The first-order valence-corrected chi connectivity index (χ1v) is 9.70. The van der Waals surface area contributed by atoms with Crippen LogP contribution in [0, 0.1) is 0 Å². The Bertz CT molecular complexity index is 645. The summed E-state index contributed by atoms with van der Waals surface area (Å²) in [6.45, 7) is 1.07. The van der Waals surface area contributed by atoms with Crippen LogP contribution in [0.25, 0.3) is 0 Å².